The molecule has 2 aromatic rings. The molecule has 196 valence electrons. The van der Waals surface area contributed by atoms with Gasteiger partial charge in [-0.2, -0.15) is 13.2 Å². The van der Waals surface area contributed by atoms with Crippen molar-refractivity contribution in [3.63, 3.8) is 0 Å². The van der Waals surface area contributed by atoms with Gasteiger partial charge < -0.3 is 9.64 Å². The van der Waals surface area contributed by atoms with E-state index in [2.05, 4.69) is 0 Å². The van der Waals surface area contributed by atoms with Gasteiger partial charge in [-0.15, -0.1) is 0 Å². The number of ether oxygens (including phenoxy) is 1. The Morgan fingerprint density at radius 1 is 0.972 bits per heavy atom. The lowest BCUT2D eigenvalue weighted by Crippen LogP contribution is -2.62. The highest BCUT2D eigenvalue weighted by Gasteiger charge is 2.55. The third-order valence-electron chi connectivity index (χ3n) is 6.93. The second kappa shape index (κ2) is 10.3. The number of halogens is 3. The number of hydroxylamine groups is 1. The average molecular weight is 528 g/mol. The van der Waals surface area contributed by atoms with Crippen molar-refractivity contribution in [2.75, 3.05) is 31.1 Å². The third-order valence-corrected chi connectivity index (χ3v) is 9.55. The molecule has 2 N–H and O–H groups in total. The summed E-state index contributed by atoms with van der Waals surface area (Å²) in [6.07, 6.45) is -4.17. The number of sulfonamides is 1. The Hall–Kier alpha value is -2.83. The van der Waals surface area contributed by atoms with Gasteiger partial charge in [-0.1, -0.05) is 18.2 Å². The molecule has 0 aromatic heterocycles. The molecule has 8 nitrogen and oxygen atoms in total. The number of carbonyl (C=O) groups excluding carboxylic acids is 1. The van der Waals surface area contributed by atoms with Crippen molar-refractivity contribution in [3.8, 4) is 5.75 Å². The first kappa shape index (κ1) is 26.2. The lowest BCUT2D eigenvalue weighted by molar-refractivity contribution is -0.137. The number of rotatable bonds is 6. The van der Waals surface area contributed by atoms with E-state index in [1.54, 1.807) is 5.48 Å². The summed E-state index contributed by atoms with van der Waals surface area (Å²) in [4.78, 5) is 14.7. The van der Waals surface area contributed by atoms with Crippen LogP contribution in [0.1, 0.15) is 31.2 Å². The van der Waals surface area contributed by atoms with Gasteiger partial charge in [-0.3, -0.25) is 10.0 Å². The average Bonchev–Trinajstić information content (AvgIpc) is 2.89. The number of amides is 1. The van der Waals surface area contributed by atoms with Gasteiger partial charge >= 0.3 is 6.18 Å². The van der Waals surface area contributed by atoms with E-state index in [9.17, 15) is 31.6 Å². The number of nitrogens with one attached hydrogen (secondary N) is 1. The summed E-state index contributed by atoms with van der Waals surface area (Å²) in [6.45, 7) is 0.835. The number of para-hydroxylation sites is 1. The van der Waals surface area contributed by atoms with E-state index in [0.29, 0.717) is 25.9 Å². The van der Waals surface area contributed by atoms with Crippen LogP contribution in [0.15, 0.2) is 54.6 Å². The van der Waals surface area contributed by atoms with Crippen molar-refractivity contribution in [2.24, 2.45) is 0 Å². The number of hydrogen-bond donors (Lipinski definition) is 2. The Morgan fingerprint density at radius 2 is 1.56 bits per heavy atom. The van der Waals surface area contributed by atoms with Crippen LogP contribution in [0.25, 0.3) is 0 Å². The zero-order chi connectivity index (χ0) is 26.0. The van der Waals surface area contributed by atoms with E-state index in [1.807, 2.05) is 35.2 Å². The van der Waals surface area contributed by atoms with Gasteiger partial charge in [0.05, 0.1) is 5.56 Å². The summed E-state index contributed by atoms with van der Waals surface area (Å²) in [5, 5.41) is 9.39. The normalized spacial score (nSPS) is 19.6. The third kappa shape index (κ3) is 5.16. The highest BCUT2D eigenvalue weighted by molar-refractivity contribution is 7.91. The van der Waals surface area contributed by atoms with Crippen LogP contribution < -0.4 is 15.1 Å². The largest absolute Gasteiger partial charge is 0.490 e. The number of hydrogen-bond acceptors (Lipinski definition) is 6. The van der Waals surface area contributed by atoms with Crippen molar-refractivity contribution in [1.29, 1.82) is 0 Å². The van der Waals surface area contributed by atoms with Crippen LogP contribution in [0.3, 0.4) is 0 Å². The van der Waals surface area contributed by atoms with Crippen LogP contribution in [0.4, 0.5) is 18.9 Å². The summed E-state index contributed by atoms with van der Waals surface area (Å²) in [7, 11) is -4.13. The van der Waals surface area contributed by atoms with Gasteiger partial charge in [-0.05, 0) is 62.1 Å². The molecule has 2 fully saturated rings. The fourth-order valence-corrected chi connectivity index (χ4v) is 6.99. The molecule has 0 bridgehead atoms. The molecule has 2 aromatic carbocycles. The monoisotopic (exact) mass is 527 g/mol. The molecule has 12 heteroatoms. The fraction of sp³-hybridized carbons (Fsp3) is 0.458. The predicted molar refractivity (Wildman–Crippen MR) is 126 cm³/mol. The van der Waals surface area contributed by atoms with Gasteiger partial charge in [0.25, 0.3) is 5.91 Å². The minimum absolute atomic E-state index is 0.0125. The molecule has 0 atom stereocenters. The minimum atomic E-state index is -4.44. The van der Waals surface area contributed by atoms with E-state index >= 15 is 0 Å². The molecule has 2 saturated heterocycles. The van der Waals surface area contributed by atoms with Crippen LogP contribution in [0.2, 0.25) is 0 Å². The molecular weight excluding hydrogens is 499 g/mol. The molecule has 4 rings (SSSR count). The Balaban J connectivity index is 1.41. The number of anilines is 1. The SMILES string of the molecule is O=C(NO)C1(S(=O)(=O)N2CCC(Oc3ccc(C(F)(F)F)cc3)CC2)CCN(c2ccccc2)CC1. The highest BCUT2D eigenvalue weighted by atomic mass is 32.2. The maximum Gasteiger partial charge on any atom is 0.416 e. The molecule has 36 heavy (non-hydrogen) atoms. The summed E-state index contributed by atoms with van der Waals surface area (Å²) in [5.74, 6) is -0.674. The summed E-state index contributed by atoms with van der Waals surface area (Å²) >= 11 is 0. The van der Waals surface area contributed by atoms with Crippen molar-refractivity contribution in [2.45, 2.75) is 42.7 Å². The Kier molecular flexibility index (Phi) is 7.48. The fourth-order valence-electron chi connectivity index (χ4n) is 4.82. The molecule has 1 amide bonds. The number of benzene rings is 2. The van der Waals surface area contributed by atoms with E-state index in [0.717, 1.165) is 17.8 Å². The van der Waals surface area contributed by atoms with Gasteiger partial charge in [0.2, 0.25) is 10.0 Å². The van der Waals surface area contributed by atoms with E-state index in [4.69, 9.17) is 4.74 Å². The molecular formula is C24H28F3N3O5S. The van der Waals surface area contributed by atoms with Crippen LogP contribution in [0, 0.1) is 0 Å². The quantitative estimate of drug-likeness (QED) is 0.441. The topological polar surface area (TPSA) is 99.2 Å². The lowest BCUT2D eigenvalue weighted by atomic mass is 9.94. The van der Waals surface area contributed by atoms with Crippen molar-refractivity contribution in [3.05, 3.63) is 60.2 Å². The van der Waals surface area contributed by atoms with Crippen molar-refractivity contribution in [1.82, 2.24) is 9.79 Å². The van der Waals surface area contributed by atoms with Gasteiger partial charge in [-0.25, -0.2) is 18.2 Å². The summed E-state index contributed by atoms with van der Waals surface area (Å²) in [6, 6.07) is 13.8. The van der Waals surface area contributed by atoms with E-state index in [1.165, 1.54) is 16.4 Å². The maximum absolute atomic E-state index is 13.7. The molecule has 0 saturated carbocycles. The first-order valence-electron chi connectivity index (χ1n) is 11.6. The van der Waals surface area contributed by atoms with Crippen LogP contribution in [-0.4, -0.2) is 60.9 Å². The zero-order valence-electron chi connectivity index (χ0n) is 19.4. The number of piperidine rings is 2. The molecule has 0 aliphatic carbocycles. The molecule has 2 aliphatic heterocycles. The van der Waals surface area contributed by atoms with E-state index in [-0.39, 0.29) is 37.8 Å². The Labute approximate surface area is 207 Å². The second-order valence-electron chi connectivity index (χ2n) is 9.00. The molecule has 2 heterocycles. The van der Waals surface area contributed by atoms with E-state index < -0.39 is 32.4 Å². The van der Waals surface area contributed by atoms with Gasteiger partial charge in [0.1, 0.15) is 11.9 Å². The van der Waals surface area contributed by atoms with Gasteiger partial charge in [0.15, 0.2) is 4.75 Å². The highest BCUT2D eigenvalue weighted by Crippen LogP contribution is 2.37. The number of carbonyl (C=O) groups is 1. The molecule has 0 spiro atoms. The van der Waals surface area contributed by atoms with Crippen molar-refractivity contribution < 1.29 is 36.3 Å². The standard InChI is InChI=1S/C24H28F3N3O5S/c25-24(26,27)18-6-8-20(9-7-18)35-21-10-14-30(15-11-21)36(33,34)23(22(31)28-32)12-16-29(17-13-23)19-4-2-1-3-5-19/h1-9,21,32H,10-17H2,(H,28,31). The van der Waals surface area contributed by atoms with Crippen LogP contribution in [-0.2, 0) is 21.0 Å². The summed E-state index contributed by atoms with van der Waals surface area (Å²) < 4.78 is 70.9. The first-order valence-corrected chi connectivity index (χ1v) is 13.1. The molecule has 0 radical (unpaired) electrons. The zero-order valence-corrected chi connectivity index (χ0v) is 20.3. The predicted octanol–water partition coefficient (Wildman–Crippen LogP) is 3.42. The van der Waals surface area contributed by atoms with Crippen LogP contribution >= 0.6 is 0 Å². The Bertz CT molecular complexity index is 1140. The minimum Gasteiger partial charge on any atom is -0.490 e. The van der Waals surface area contributed by atoms with Crippen molar-refractivity contribution >= 4 is 21.6 Å². The maximum atomic E-state index is 13.7. The second-order valence-corrected chi connectivity index (χ2v) is 11.2. The molecule has 0 unspecified atom stereocenters. The summed E-state index contributed by atoms with van der Waals surface area (Å²) in [5.41, 5.74) is 1.71. The smallest absolute Gasteiger partial charge is 0.416 e. The number of alkyl halides is 3. The van der Waals surface area contributed by atoms with Crippen LogP contribution in [0.5, 0.6) is 5.75 Å². The molecule has 2 aliphatic rings. The first-order chi connectivity index (χ1) is 17.1. The number of nitrogens with zero attached hydrogens (tertiary/aromatic N) is 2. The lowest BCUT2D eigenvalue weighted by Gasteiger charge is -2.43. The van der Waals surface area contributed by atoms with Gasteiger partial charge in [0, 0.05) is 31.9 Å². The Morgan fingerprint density at radius 3 is 2.08 bits per heavy atom.